The van der Waals surface area contributed by atoms with Crippen LogP contribution in [0, 0.1) is 0 Å². The van der Waals surface area contributed by atoms with Crippen LogP contribution in [0.4, 0.5) is 26.1 Å². The molecule has 100 valence electrons. The monoisotopic (exact) mass is 265 g/mol. The summed E-state index contributed by atoms with van der Waals surface area (Å²) in [5.74, 6) is 1.52. The third kappa shape index (κ3) is 3.80. The standard InChI is InChI=1S/C13H13F2N3O/c1-16-11-3-2-4-12(18-11)17-9-5-7-10(8-6-9)19-13(14)15/h2-8,13H,1H3,(H2,16,17,18). The van der Waals surface area contributed by atoms with Gasteiger partial charge in [0.15, 0.2) is 0 Å². The Kier molecular flexibility index (Phi) is 4.12. The average molecular weight is 265 g/mol. The van der Waals surface area contributed by atoms with Gasteiger partial charge in [0.2, 0.25) is 0 Å². The maximum atomic E-state index is 12.0. The lowest BCUT2D eigenvalue weighted by atomic mass is 10.3. The molecule has 6 heteroatoms. The van der Waals surface area contributed by atoms with E-state index in [1.54, 1.807) is 19.2 Å². The smallest absolute Gasteiger partial charge is 0.387 e. The van der Waals surface area contributed by atoms with Crippen molar-refractivity contribution in [3.8, 4) is 5.75 Å². The van der Waals surface area contributed by atoms with Crippen molar-refractivity contribution in [3.63, 3.8) is 0 Å². The number of pyridine rings is 1. The Bertz CT molecular complexity index is 532. The molecule has 0 fully saturated rings. The molecule has 1 heterocycles. The number of hydrogen-bond donors (Lipinski definition) is 2. The van der Waals surface area contributed by atoms with E-state index < -0.39 is 6.61 Å². The van der Waals surface area contributed by atoms with E-state index in [9.17, 15) is 8.78 Å². The third-order valence-electron chi connectivity index (χ3n) is 2.36. The molecule has 0 aliphatic heterocycles. The van der Waals surface area contributed by atoms with Crippen molar-refractivity contribution in [2.24, 2.45) is 0 Å². The number of ether oxygens (including phenoxy) is 1. The van der Waals surface area contributed by atoms with E-state index in [0.29, 0.717) is 5.82 Å². The Balaban J connectivity index is 2.06. The Morgan fingerprint density at radius 2 is 1.74 bits per heavy atom. The highest BCUT2D eigenvalue weighted by atomic mass is 19.3. The topological polar surface area (TPSA) is 46.2 Å². The summed E-state index contributed by atoms with van der Waals surface area (Å²) in [6.45, 7) is -2.81. The summed E-state index contributed by atoms with van der Waals surface area (Å²) in [6.07, 6.45) is 0. The Morgan fingerprint density at radius 1 is 1.05 bits per heavy atom. The maximum Gasteiger partial charge on any atom is 0.387 e. The molecular formula is C13H13F2N3O. The van der Waals surface area contributed by atoms with Crippen LogP contribution >= 0.6 is 0 Å². The number of benzene rings is 1. The summed E-state index contributed by atoms with van der Waals surface area (Å²) in [6, 6.07) is 11.7. The second-order valence-corrected chi connectivity index (χ2v) is 3.69. The quantitative estimate of drug-likeness (QED) is 0.869. The number of hydrogen-bond acceptors (Lipinski definition) is 4. The SMILES string of the molecule is CNc1cccc(Nc2ccc(OC(F)F)cc2)n1. The van der Waals surface area contributed by atoms with Crippen LogP contribution in [0.2, 0.25) is 0 Å². The fourth-order valence-corrected chi connectivity index (χ4v) is 1.51. The van der Waals surface area contributed by atoms with Crippen LogP contribution in [0.25, 0.3) is 0 Å². The van der Waals surface area contributed by atoms with Gasteiger partial charge in [-0.25, -0.2) is 4.98 Å². The van der Waals surface area contributed by atoms with Crippen LogP contribution in [-0.4, -0.2) is 18.6 Å². The van der Waals surface area contributed by atoms with Crippen molar-refractivity contribution in [1.29, 1.82) is 0 Å². The van der Waals surface area contributed by atoms with E-state index in [4.69, 9.17) is 0 Å². The van der Waals surface area contributed by atoms with Crippen molar-refractivity contribution in [1.82, 2.24) is 4.98 Å². The number of alkyl halides is 2. The molecule has 0 aliphatic carbocycles. The predicted octanol–water partition coefficient (Wildman–Crippen LogP) is 3.47. The van der Waals surface area contributed by atoms with Crippen molar-refractivity contribution >= 4 is 17.3 Å². The van der Waals surface area contributed by atoms with Gasteiger partial charge in [-0.2, -0.15) is 8.78 Å². The number of nitrogens with zero attached hydrogens (tertiary/aromatic N) is 1. The summed E-state index contributed by atoms with van der Waals surface area (Å²) in [5, 5.41) is 5.99. The van der Waals surface area contributed by atoms with Gasteiger partial charge in [0.05, 0.1) is 0 Å². The number of rotatable bonds is 5. The highest BCUT2D eigenvalue weighted by Crippen LogP contribution is 2.20. The lowest BCUT2D eigenvalue weighted by Gasteiger charge is -2.08. The molecule has 2 N–H and O–H groups in total. The van der Waals surface area contributed by atoms with Gasteiger partial charge in [0.25, 0.3) is 0 Å². The molecule has 2 aromatic rings. The van der Waals surface area contributed by atoms with Gasteiger partial charge in [0.1, 0.15) is 17.4 Å². The second-order valence-electron chi connectivity index (χ2n) is 3.69. The zero-order chi connectivity index (χ0) is 13.7. The molecule has 19 heavy (non-hydrogen) atoms. The minimum absolute atomic E-state index is 0.123. The van der Waals surface area contributed by atoms with Crippen LogP contribution in [-0.2, 0) is 0 Å². The number of halogens is 2. The summed E-state index contributed by atoms with van der Waals surface area (Å²) in [5.41, 5.74) is 0.738. The number of anilines is 3. The second kappa shape index (κ2) is 5.99. The largest absolute Gasteiger partial charge is 0.435 e. The number of nitrogens with one attached hydrogen (secondary N) is 2. The highest BCUT2D eigenvalue weighted by Gasteiger charge is 2.04. The molecule has 0 radical (unpaired) electrons. The van der Waals surface area contributed by atoms with Crippen LogP contribution < -0.4 is 15.4 Å². The molecule has 0 aliphatic rings. The van der Waals surface area contributed by atoms with Crippen molar-refractivity contribution in [3.05, 3.63) is 42.5 Å². The molecule has 2 rings (SSSR count). The Labute approximate surface area is 109 Å². The van der Waals surface area contributed by atoms with Crippen molar-refractivity contribution in [2.45, 2.75) is 6.61 Å². The predicted molar refractivity (Wildman–Crippen MR) is 70.1 cm³/mol. The van der Waals surface area contributed by atoms with Gasteiger partial charge in [0, 0.05) is 12.7 Å². The first kappa shape index (κ1) is 13.1. The highest BCUT2D eigenvalue weighted by molar-refractivity contribution is 5.58. The van der Waals surface area contributed by atoms with Crippen molar-refractivity contribution < 1.29 is 13.5 Å². The van der Waals surface area contributed by atoms with Gasteiger partial charge < -0.3 is 15.4 Å². The zero-order valence-electron chi connectivity index (χ0n) is 10.2. The van der Waals surface area contributed by atoms with Crippen LogP contribution in [0.15, 0.2) is 42.5 Å². The average Bonchev–Trinajstić information content (AvgIpc) is 2.41. The molecule has 0 saturated carbocycles. The normalized spacial score (nSPS) is 10.3. The fraction of sp³-hybridized carbons (Fsp3) is 0.154. The van der Waals surface area contributed by atoms with Gasteiger partial charge >= 0.3 is 6.61 Å². The Morgan fingerprint density at radius 3 is 2.37 bits per heavy atom. The molecule has 0 atom stereocenters. The van der Waals surface area contributed by atoms with Crippen molar-refractivity contribution in [2.75, 3.05) is 17.7 Å². The maximum absolute atomic E-state index is 12.0. The van der Waals surface area contributed by atoms with Gasteiger partial charge in [-0.05, 0) is 36.4 Å². The molecule has 1 aromatic heterocycles. The first-order valence-corrected chi connectivity index (χ1v) is 5.64. The molecule has 4 nitrogen and oxygen atoms in total. The molecule has 1 aromatic carbocycles. The van der Waals surface area contributed by atoms with Crippen LogP contribution in [0.3, 0.4) is 0 Å². The third-order valence-corrected chi connectivity index (χ3v) is 2.36. The van der Waals surface area contributed by atoms with E-state index >= 15 is 0 Å². The summed E-state index contributed by atoms with van der Waals surface area (Å²) in [4.78, 5) is 4.28. The molecule has 0 bridgehead atoms. The molecule has 0 unspecified atom stereocenters. The Hall–Kier alpha value is -2.37. The molecule has 0 spiro atoms. The van der Waals surface area contributed by atoms with Gasteiger partial charge in [-0.1, -0.05) is 6.07 Å². The van der Waals surface area contributed by atoms with E-state index in [1.165, 1.54) is 12.1 Å². The minimum Gasteiger partial charge on any atom is -0.435 e. The lowest BCUT2D eigenvalue weighted by molar-refractivity contribution is -0.0498. The summed E-state index contributed by atoms with van der Waals surface area (Å²) >= 11 is 0. The minimum atomic E-state index is -2.81. The lowest BCUT2D eigenvalue weighted by Crippen LogP contribution is -2.02. The first-order chi connectivity index (χ1) is 9.17. The molecular weight excluding hydrogens is 252 g/mol. The summed E-state index contributed by atoms with van der Waals surface area (Å²) < 4.78 is 28.3. The fourth-order valence-electron chi connectivity index (χ4n) is 1.51. The van der Waals surface area contributed by atoms with E-state index in [0.717, 1.165) is 11.5 Å². The van der Waals surface area contributed by atoms with E-state index in [2.05, 4.69) is 20.4 Å². The van der Waals surface area contributed by atoms with Gasteiger partial charge in [-0.15, -0.1) is 0 Å². The van der Waals surface area contributed by atoms with E-state index in [1.807, 2.05) is 18.2 Å². The van der Waals surface area contributed by atoms with Crippen LogP contribution in [0.5, 0.6) is 5.75 Å². The number of aromatic nitrogens is 1. The van der Waals surface area contributed by atoms with Gasteiger partial charge in [-0.3, -0.25) is 0 Å². The van der Waals surface area contributed by atoms with E-state index in [-0.39, 0.29) is 5.75 Å². The summed E-state index contributed by atoms with van der Waals surface area (Å²) in [7, 11) is 1.78. The molecule has 0 amide bonds. The zero-order valence-corrected chi connectivity index (χ0v) is 10.2. The van der Waals surface area contributed by atoms with Crippen LogP contribution in [0.1, 0.15) is 0 Å². The first-order valence-electron chi connectivity index (χ1n) is 5.64. The molecule has 0 saturated heterocycles.